The van der Waals surface area contributed by atoms with Gasteiger partial charge in [0.1, 0.15) is 0 Å². The Morgan fingerprint density at radius 3 is 2.70 bits per heavy atom. The van der Waals surface area contributed by atoms with Gasteiger partial charge >= 0.3 is 0 Å². The Hall–Kier alpha value is -1.62. The molecule has 2 unspecified atom stereocenters. The minimum Gasteiger partial charge on any atom is -0.325 e. The molecule has 1 aromatic heterocycles. The van der Waals surface area contributed by atoms with Gasteiger partial charge in [-0.3, -0.25) is 9.59 Å². The molecule has 3 heterocycles. The zero-order valence-electron chi connectivity index (χ0n) is 11.8. The monoisotopic (exact) mass is 275 g/mol. The molecule has 0 aliphatic carbocycles. The lowest BCUT2D eigenvalue weighted by Crippen LogP contribution is -2.39. The first kappa shape index (κ1) is 13.4. The van der Waals surface area contributed by atoms with Crippen LogP contribution in [0.15, 0.2) is 23.1 Å². The van der Waals surface area contributed by atoms with E-state index in [-0.39, 0.29) is 11.5 Å². The van der Waals surface area contributed by atoms with E-state index in [0.29, 0.717) is 30.1 Å². The average molecular weight is 275 g/mol. The van der Waals surface area contributed by atoms with Gasteiger partial charge in [-0.15, -0.1) is 0 Å². The van der Waals surface area contributed by atoms with E-state index in [1.165, 1.54) is 23.5 Å². The average Bonchev–Trinajstić information content (AvgIpc) is 2.73. The van der Waals surface area contributed by atoms with Crippen molar-refractivity contribution in [2.45, 2.75) is 44.2 Å². The Bertz CT molecular complexity index is 554. The highest BCUT2D eigenvalue weighted by Crippen LogP contribution is 2.32. The maximum Gasteiger partial charge on any atom is 0.250 e. The normalized spacial score (nSPS) is 28.4. The number of aryl methyl sites for hydroxylation is 1. The number of nitrogens with one attached hydrogen (secondary N) is 2. The van der Waals surface area contributed by atoms with Gasteiger partial charge in [0.05, 0.1) is 5.69 Å². The third-order valence-corrected chi connectivity index (χ3v) is 4.41. The fourth-order valence-electron chi connectivity index (χ4n) is 3.48. The molecule has 20 heavy (non-hydrogen) atoms. The van der Waals surface area contributed by atoms with Crippen LogP contribution in [-0.4, -0.2) is 22.6 Å². The molecule has 2 N–H and O–H groups in total. The molecule has 0 saturated carbocycles. The van der Waals surface area contributed by atoms with Crippen LogP contribution in [0.1, 0.15) is 32.1 Å². The van der Waals surface area contributed by atoms with Gasteiger partial charge in [-0.25, -0.2) is 0 Å². The quantitative estimate of drug-likeness (QED) is 0.872. The molecule has 2 aliphatic rings. The molecule has 2 fully saturated rings. The zero-order valence-corrected chi connectivity index (χ0v) is 11.8. The van der Waals surface area contributed by atoms with Crippen LogP contribution in [0.25, 0.3) is 0 Å². The summed E-state index contributed by atoms with van der Waals surface area (Å²) in [6.45, 7) is 0. The summed E-state index contributed by atoms with van der Waals surface area (Å²) in [4.78, 5) is 23.4. The number of nitrogens with zero attached hydrogens (tertiary/aromatic N) is 1. The number of pyridine rings is 1. The molecule has 2 atom stereocenters. The largest absolute Gasteiger partial charge is 0.325 e. The second-order valence-corrected chi connectivity index (χ2v) is 6.09. The Labute approximate surface area is 118 Å². The first-order chi connectivity index (χ1) is 9.60. The molecule has 2 bridgehead atoms. The number of amides is 1. The van der Waals surface area contributed by atoms with Crippen LogP contribution < -0.4 is 16.2 Å². The summed E-state index contributed by atoms with van der Waals surface area (Å²) in [6, 6.07) is 4.36. The lowest BCUT2D eigenvalue weighted by molar-refractivity contribution is -0.117. The van der Waals surface area contributed by atoms with Crippen molar-refractivity contribution in [2.24, 2.45) is 13.0 Å². The van der Waals surface area contributed by atoms with Crippen LogP contribution in [-0.2, 0) is 11.8 Å². The summed E-state index contributed by atoms with van der Waals surface area (Å²) < 4.78 is 1.47. The minimum absolute atomic E-state index is 0.0509. The van der Waals surface area contributed by atoms with Gasteiger partial charge in [-0.05, 0) is 37.7 Å². The summed E-state index contributed by atoms with van der Waals surface area (Å²) >= 11 is 0. The summed E-state index contributed by atoms with van der Waals surface area (Å²) in [5.41, 5.74) is 0.618. The van der Waals surface area contributed by atoms with Crippen LogP contribution in [0.2, 0.25) is 0 Å². The molecule has 0 radical (unpaired) electrons. The van der Waals surface area contributed by atoms with E-state index < -0.39 is 0 Å². The molecule has 0 spiro atoms. The van der Waals surface area contributed by atoms with Crippen LogP contribution in [0.4, 0.5) is 5.69 Å². The molecule has 0 aromatic carbocycles. The molecule has 3 rings (SSSR count). The Morgan fingerprint density at radius 2 is 2.05 bits per heavy atom. The van der Waals surface area contributed by atoms with E-state index >= 15 is 0 Å². The van der Waals surface area contributed by atoms with Gasteiger partial charge in [-0.2, -0.15) is 0 Å². The number of rotatable bonds is 3. The lowest BCUT2D eigenvalue weighted by atomic mass is 9.89. The number of piperidine rings is 1. The third-order valence-electron chi connectivity index (χ3n) is 4.41. The lowest BCUT2D eigenvalue weighted by Gasteiger charge is -2.28. The van der Waals surface area contributed by atoms with E-state index in [1.807, 2.05) is 0 Å². The highest BCUT2D eigenvalue weighted by molar-refractivity contribution is 5.90. The van der Waals surface area contributed by atoms with Crippen LogP contribution in [0.3, 0.4) is 0 Å². The van der Waals surface area contributed by atoms with Crippen molar-refractivity contribution in [1.29, 1.82) is 0 Å². The van der Waals surface area contributed by atoms with Gasteiger partial charge in [0.2, 0.25) is 11.5 Å². The third kappa shape index (κ3) is 2.93. The molecule has 108 valence electrons. The summed E-state index contributed by atoms with van der Waals surface area (Å²) in [5, 5.41) is 6.48. The number of carbonyl (C=O) groups excluding carboxylic acids is 1. The van der Waals surface area contributed by atoms with Gasteiger partial charge in [0, 0.05) is 37.8 Å². The van der Waals surface area contributed by atoms with Crippen LogP contribution in [0, 0.1) is 5.92 Å². The smallest absolute Gasteiger partial charge is 0.250 e. The van der Waals surface area contributed by atoms with Crippen molar-refractivity contribution in [3.05, 3.63) is 28.7 Å². The maximum absolute atomic E-state index is 12.1. The summed E-state index contributed by atoms with van der Waals surface area (Å²) in [7, 11) is 1.68. The fourth-order valence-corrected chi connectivity index (χ4v) is 3.48. The number of carbonyl (C=O) groups is 1. The molecule has 2 saturated heterocycles. The van der Waals surface area contributed by atoms with Crippen molar-refractivity contribution in [1.82, 2.24) is 9.88 Å². The Balaban J connectivity index is 1.57. The topological polar surface area (TPSA) is 63.1 Å². The number of hydrogen-bond donors (Lipinski definition) is 2. The fraction of sp³-hybridized carbons (Fsp3) is 0.600. The first-order valence-electron chi connectivity index (χ1n) is 7.33. The van der Waals surface area contributed by atoms with Crippen molar-refractivity contribution in [3.63, 3.8) is 0 Å². The number of aromatic nitrogens is 1. The molecular weight excluding hydrogens is 254 g/mol. The molecule has 1 amide bonds. The number of anilines is 1. The predicted octanol–water partition coefficient (Wildman–Crippen LogP) is 1.24. The van der Waals surface area contributed by atoms with Crippen LogP contribution >= 0.6 is 0 Å². The first-order valence-corrected chi connectivity index (χ1v) is 7.33. The van der Waals surface area contributed by atoms with E-state index in [0.717, 1.165) is 12.8 Å². The van der Waals surface area contributed by atoms with Gasteiger partial charge < -0.3 is 15.2 Å². The van der Waals surface area contributed by atoms with Crippen molar-refractivity contribution < 1.29 is 4.79 Å². The highest BCUT2D eigenvalue weighted by atomic mass is 16.1. The maximum atomic E-state index is 12.1. The molecule has 5 nitrogen and oxygen atoms in total. The van der Waals surface area contributed by atoms with Gasteiger partial charge in [-0.1, -0.05) is 0 Å². The highest BCUT2D eigenvalue weighted by Gasteiger charge is 2.34. The zero-order chi connectivity index (χ0) is 14.1. The molecule has 2 aliphatic heterocycles. The molecular formula is C15H21N3O2. The van der Waals surface area contributed by atoms with E-state index in [4.69, 9.17) is 0 Å². The Morgan fingerprint density at radius 1 is 1.35 bits per heavy atom. The van der Waals surface area contributed by atoms with Crippen molar-refractivity contribution >= 4 is 11.6 Å². The van der Waals surface area contributed by atoms with Gasteiger partial charge in [0.15, 0.2) is 0 Å². The standard InChI is InChI=1S/C15H21N3O2/c1-18-9-13(4-5-15(18)20)17-14(19)8-10-6-11-2-3-12(7-10)16-11/h4-5,9-12,16H,2-3,6-8H2,1H3,(H,17,19). The molecule has 1 aromatic rings. The molecule has 5 heteroatoms. The predicted molar refractivity (Wildman–Crippen MR) is 77.6 cm³/mol. The Kier molecular flexibility index (Phi) is 3.61. The number of fused-ring (bicyclic) bond motifs is 2. The second kappa shape index (κ2) is 5.40. The number of hydrogen-bond acceptors (Lipinski definition) is 3. The van der Waals surface area contributed by atoms with Crippen molar-refractivity contribution in [2.75, 3.05) is 5.32 Å². The summed E-state index contributed by atoms with van der Waals surface area (Å²) in [6.07, 6.45) is 6.96. The van der Waals surface area contributed by atoms with Crippen LogP contribution in [0.5, 0.6) is 0 Å². The van der Waals surface area contributed by atoms with Gasteiger partial charge in [0.25, 0.3) is 0 Å². The second-order valence-electron chi connectivity index (χ2n) is 6.09. The van der Waals surface area contributed by atoms with E-state index in [2.05, 4.69) is 10.6 Å². The summed E-state index contributed by atoms with van der Waals surface area (Å²) in [5.74, 6) is 0.538. The van der Waals surface area contributed by atoms with Crippen molar-refractivity contribution in [3.8, 4) is 0 Å². The van der Waals surface area contributed by atoms with E-state index in [9.17, 15) is 9.59 Å². The minimum atomic E-state index is -0.0714. The van der Waals surface area contributed by atoms with E-state index in [1.54, 1.807) is 19.3 Å². The SMILES string of the molecule is Cn1cc(NC(=O)CC2CC3CCC(C2)N3)ccc1=O.